The first kappa shape index (κ1) is 14.1. The third-order valence-electron chi connectivity index (χ3n) is 4.17. The SMILES string of the molecule is OCC1(c2nn(Cc3ccccc3)c3ccccc23)C=NCO1. The Bertz CT molecular complexity index is 857. The number of aliphatic imine (C=N–C) groups is 1. The third-order valence-corrected chi connectivity index (χ3v) is 4.17. The highest BCUT2D eigenvalue weighted by Crippen LogP contribution is 2.32. The van der Waals surface area contributed by atoms with Crippen LogP contribution in [0.25, 0.3) is 10.9 Å². The Morgan fingerprint density at radius 3 is 2.61 bits per heavy atom. The summed E-state index contributed by atoms with van der Waals surface area (Å²) in [7, 11) is 0. The Kier molecular flexibility index (Phi) is 3.44. The number of rotatable bonds is 4. The number of aromatic nitrogens is 2. The van der Waals surface area contributed by atoms with Crippen LogP contribution in [0.4, 0.5) is 0 Å². The van der Waals surface area contributed by atoms with E-state index in [2.05, 4.69) is 17.1 Å². The van der Waals surface area contributed by atoms with Gasteiger partial charge in [0, 0.05) is 11.6 Å². The monoisotopic (exact) mass is 307 g/mol. The van der Waals surface area contributed by atoms with E-state index in [4.69, 9.17) is 9.84 Å². The van der Waals surface area contributed by atoms with Crippen LogP contribution in [0.3, 0.4) is 0 Å². The summed E-state index contributed by atoms with van der Waals surface area (Å²) in [6.45, 7) is 0.739. The maximum absolute atomic E-state index is 9.86. The molecule has 0 fully saturated rings. The maximum Gasteiger partial charge on any atom is 0.172 e. The van der Waals surface area contributed by atoms with Gasteiger partial charge in [-0.25, -0.2) is 0 Å². The highest BCUT2D eigenvalue weighted by Gasteiger charge is 2.38. The Hall–Kier alpha value is -2.50. The van der Waals surface area contributed by atoms with Gasteiger partial charge in [-0.1, -0.05) is 48.5 Å². The first-order valence-corrected chi connectivity index (χ1v) is 7.58. The molecule has 5 nitrogen and oxygen atoms in total. The molecule has 1 unspecified atom stereocenters. The van der Waals surface area contributed by atoms with Crippen LogP contribution in [0.2, 0.25) is 0 Å². The molecule has 0 amide bonds. The molecule has 1 aromatic heterocycles. The van der Waals surface area contributed by atoms with Crippen molar-refractivity contribution in [3.05, 3.63) is 65.9 Å². The van der Waals surface area contributed by atoms with Crippen molar-refractivity contribution in [3.63, 3.8) is 0 Å². The molecule has 0 spiro atoms. The van der Waals surface area contributed by atoms with Crippen LogP contribution in [0, 0.1) is 0 Å². The van der Waals surface area contributed by atoms with E-state index >= 15 is 0 Å². The summed E-state index contributed by atoms with van der Waals surface area (Å²) in [4.78, 5) is 4.13. The van der Waals surface area contributed by atoms with Gasteiger partial charge in [0.1, 0.15) is 12.4 Å². The minimum absolute atomic E-state index is 0.178. The van der Waals surface area contributed by atoms with Gasteiger partial charge in [0.05, 0.1) is 18.7 Å². The zero-order valence-electron chi connectivity index (χ0n) is 12.6. The van der Waals surface area contributed by atoms with Gasteiger partial charge >= 0.3 is 0 Å². The number of aliphatic hydroxyl groups excluding tert-OH is 1. The van der Waals surface area contributed by atoms with Crippen molar-refractivity contribution in [1.82, 2.24) is 9.78 Å². The van der Waals surface area contributed by atoms with Gasteiger partial charge < -0.3 is 9.84 Å². The fourth-order valence-corrected chi connectivity index (χ4v) is 2.98. The summed E-state index contributed by atoms with van der Waals surface area (Å²) in [6, 6.07) is 18.2. The highest BCUT2D eigenvalue weighted by atomic mass is 16.5. The average Bonchev–Trinajstić information content (AvgIpc) is 3.22. The van der Waals surface area contributed by atoms with Crippen LogP contribution >= 0.6 is 0 Å². The topological polar surface area (TPSA) is 59.6 Å². The van der Waals surface area contributed by atoms with Crippen LogP contribution in [0.5, 0.6) is 0 Å². The number of hydrogen-bond acceptors (Lipinski definition) is 4. The second kappa shape index (κ2) is 5.61. The minimum atomic E-state index is -0.943. The van der Waals surface area contributed by atoms with Crippen molar-refractivity contribution in [2.75, 3.05) is 13.3 Å². The Morgan fingerprint density at radius 2 is 1.87 bits per heavy atom. The number of aliphatic hydroxyl groups is 1. The van der Waals surface area contributed by atoms with Gasteiger partial charge in [0.25, 0.3) is 0 Å². The molecule has 5 heteroatoms. The number of para-hydroxylation sites is 1. The fraction of sp³-hybridized carbons (Fsp3) is 0.222. The summed E-state index contributed by atoms with van der Waals surface area (Å²) in [6.07, 6.45) is 1.66. The largest absolute Gasteiger partial charge is 0.393 e. The summed E-state index contributed by atoms with van der Waals surface area (Å²) in [5.41, 5.74) is 1.96. The van der Waals surface area contributed by atoms with E-state index in [0.717, 1.165) is 10.9 Å². The van der Waals surface area contributed by atoms with Crippen molar-refractivity contribution in [2.24, 2.45) is 4.99 Å². The second-order valence-electron chi connectivity index (χ2n) is 5.64. The summed E-state index contributed by atoms with van der Waals surface area (Å²) < 4.78 is 7.65. The van der Waals surface area contributed by atoms with E-state index in [1.807, 2.05) is 47.1 Å². The molecular weight excluding hydrogens is 290 g/mol. The first-order chi connectivity index (χ1) is 11.3. The Labute approximate surface area is 133 Å². The van der Waals surface area contributed by atoms with E-state index < -0.39 is 5.60 Å². The average molecular weight is 307 g/mol. The molecule has 2 heterocycles. The second-order valence-corrected chi connectivity index (χ2v) is 5.64. The molecule has 4 rings (SSSR count). The van der Waals surface area contributed by atoms with E-state index in [9.17, 15) is 5.11 Å². The van der Waals surface area contributed by atoms with Crippen LogP contribution in [-0.4, -0.2) is 34.4 Å². The maximum atomic E-state index is 9.86. The van der Waals surface area contributed by atoms with Gasteiger partial charge in [-0.15, -0.1) is 0 Å². The smallest absolute Gasteiger partial charge is 0.172 e. The normalized spacial score (nSPS) is 20.4. The molecule has 0 radical (unpaired) electrons. The van der Waals surface area contributed by atoms with Crippen molar-refractivity contribution in [2.45, 2.75) is 12.1 Å². The number of fused-ring (bicyclic) bond motifs is 1. The molecule has 3 aromatic rings. The number of hydrogen-bond donors (Lipinski definition) is 1. The lowest BCUT2D eigenvalue weighted by Gasteiger charge is -2.20. The van der Waals surface area contributed by atoms with Gasteiger partial charge in [0.2, 0.25) is 0 Å². The summed E-state index contributed by atoms with van der Waals surface area (Å²) in [5, 5.41) is 15.6. The number of benzene rings is 2. The van der Waals surface area contributed by atoms with Crippen molar-refractivity contribution in [3.8, 4) is 0 Å². The zero-order valence-corrected chi connectivity index (χ0v) is 12.6. The molecule has 0 aliphatic carbocycles. The van der Waals surface area contributed by atoms with Crippen LogP contribution in [0.1, 0.15) is 11.3 Å². The van der Waals surface area contributed by atoms with E-state index in [1.165, 1.54) is 5.56 Å². The minimum Gasteiger partial charge on any atom is -0.393 e. The summed E-state index contributed by atoms with van der Waals surface area (Å²) in [5.74, 6) is 0. The van der Waals surface area contributed by atoms with Gasteiger partial charge in [-0.05, 0) is 11.6 Å². The predicted octanol–water partition coefficient (Wildman–Crippen LogP) is 2.33. The van der Waals surface area contributed by atoms with Crippen molar-refractivity contribution >= 4 is 17.1 Å². The fourth-order valence-electron chi connectivity index (χ4n) is 2.98. The lowest BCUT2D eigenvalue weighted by molar-refractivity contribution is -0.0135. The summed E-state index contributed by atoms with van der Waals surface area (Å²) >= 11 is 0. The first-order valence-electron chi connectivity index (χ1n) is 7.58. The molecule has 0 saturated heterocycles. The molecule has 0 bridgehead atoms. The van der Waals surface area contributed by atoms with Gasteiger partial charge in [-0.2, -0.15) is 5.10 Å². The quantitative estimate of drug-likeness (QED) is 0.805. The molecular formula is C18H17N3O2. The van der Waals surface area contributed by atoms with Crippen molar-refractivity contribution in [1.29, 1.82) is 0 Å². The van der Waals surface area contributed by atoms with E-state index in [-0.39, 0.29) is 13.3 Å². The molecule has 116 valence electrons. The standard InChI is InChI=1S/C18H17N3O2/c22-12-18(11-19-13-23-18)17-15-8-4-5-9-16(15)21(20-17)10-14-6-2-1-3-7-14/h1-9,11,22H,10,12-13H2. The molecule has 0 saturated carbocycles. The highest BCUT2D eigenvalue weighted by molar-refractivity contribution is 5.88. The zero-order chi connectivity index (χ0) is 15.7. The molecule has 1 aliphatic heterocycles. The van der Waals surface area contributed by atoms with E-state index in [0.29, 0.717) is 12.2 Å². The lowest BCUT2D eigenvalue weighted by Crippen LogP contribution is -2.33. The van der Waals surface area contributed by atoms with Crippen molar-refractivity contribution < 1.29 is 9.84 Å². The number of nitrogens with zero attached hydrogens (tertiary/aromatic N) is 3. The lowest BCUT2D eigenvalue weighted by atomic mass is 9.99. The van der Waals surface area contributed by atoms with Gasteiger partial charge in [-0.3, -0.25) is 9.67 Å². The van der Waals surface area contributed by atoms with Crippen LogP contribution in [0.15, 0.2) is 59.6 Å². The Balaban J connectivity index is 1.85. The van der Waals surface area contributed by atoms with E-state index in [1.54, 1.807) is 6.21 Å². The van der Waals surface area contributed by atoms with Gasteiger partial charge in [0.15, 0.2) is 5.60 Å². The molecule has 1 aliphatic rings. The molecule has 23 heavy (non-hydrogen) atoms. The molecule has 1 atom stereocenters. The Morgan fingerprint density at radius 1 is 1.09 bits per heavy atom. The van der Waals surface area contributed by atoms with Crippen LogP contribution < -0.4 is 0 Å². The van der Waals surface area contributed by atoms with Crippen LogP contribution in [-0.2, 0) is 16.9 Å². The molecule has 2 aromatic carbocycles. The molecule has 1 N–H and O–H groups in total. The predicted molar refractivity (Wildman–Crippen MR) is 88.5 cm³/mol. The number of ether oxygens (including phenoxy) is 1. The third kappa shape index (κ3) is 2.34.